The number of nitrogens with one attached hydrogen (secondary N) is 2. The number of anilines is 3. The lowest BCUT2D eigenvalue weighted by Crippen LogP contribution is -2.08. The maximum absolute atomic E-state index is 12.8. The summed E-state index contributed by atoms with van der Waals surface area (Å²) in [6, 6.07) is 3.19. The van der Waals surface area contributed by atoms with Crippen molar-refractivity contribution in [2.45, 2.75) is 6.18 Å². The first-order valence-electron chi connectivity index (χ1n) is 6.05. The van der Waals surface area contributed by atoms with Gasteiger partial charge in [0.05, 0.1) is 15.5 Å². The summed E-state index contributed by atoms with van der Waals surface area (Å²) in [7, 11) is 1.42. The first-order chi connectivity index (χ1) is 10.7. The lowest BCUT2D eigenvalue weighted by atomic mass is 10.2. The van der Waals surface area contributed by atoms with E-state index in [9.17, 15) is 23.3 Å². The van der Waals surface area contributed by atoms with Crippen LogP contribution in [0.25, 0.3) is 0 Å². The molecule has 0 radical (unpaired) electrons. The number of nitro groups is 1. The van der Waals surface area contributed by atoms with Gasteiger partial charge in [-0.15, -0.1) is 0 Å². The summed E-state index contributed by atoms with van der Waals surface area (Å²) in [4.78, 5) is 17.6. The van der Waals surface area contributed by atoms with Crippen LogP contribution in [0.3, 0.4) is 0 Å². The number of benzene rings is 1. The highest BCUT2D eigenvalue weighted by molar-refractivity contribution is 6.31. The van der Waals surface area contributed by atoms with Crippen molar-refractivity contribution in [3.8, 4) is 0 Å². The van der Waals surface area contributed by atoms with Gasteiger partial charge in [-0.05, 0) is 18.2 Å². The van der Waals surface area contributed by atoms with Crippen LogP contribution in [0.2, 0.25) is 5.02 Å². The van der Waals surface area contributed by atoms with Gasteiger partial charge < -0.3 is 10.6 Å². The van der Waals surface area contributed by atoms with Crippen LogP contribution < -0.4 is 10.6 Å². The zero-order chi connectivity index (χ0) is 17.2. The SMILES string of the molecule is CNc1nc(Nc2ccc(Cl)c(C(F)(F)F)c2)ncc1[N+](=O)[O-]. The van der Waals surface area contributed by atoms with Crippen molar-refractivity contribution in [3.63, 3.8) is 0 Å². The van der Waals surface area contributed by atoms with Crippen LogP contribution in [-0.4, -0.2) is 21.9 Å². The fourth-order valence-electron chi connectivity index (χ4n) is 1.70. The van der Waals surface area contributed by atoms with Gasteiger partial charge in [0.2, 0.25) is 11.8 Å². The Kier molecular flexibility index (Phi) is 4.55. The van der Waals surface area contributed by atoms with Crippen molar-refractivity contribution >= 4 is 34.7 Å². The van der Waals surface area contributed by atoms with Crippen molar-refractivity contribution in [2.24, 2.45) is 0 Å². The number of rotatable bonds is 4. The smallest absolute Gasteiger partial charge is 0.367 e. The lowest BCUT2D eigenvalue weighted by Gasteiger charge is -2.12. The molecule has 0 bridgehead atoms. The fraction of sp³-hybridized carbons (Fsp3) is 0.167. The second-order valence-electron chi connectivity index (χ2n) is 4.25. The second-order valence-corrected chi connectivity index (χ2v) is 4.66. The van der Waals surface area contributed by atoms with Crippen molar-refractivity contribution in [3.05, 3.63) is 45.1 Å². The van der Waals surface area contributed by atoms with E-state index in [4.69, 9.17) is 11.6 Å². The van der Waals surface area contributed by atoms with Crippen molar-refractivity contribution in [1.29, 1.82) is 0 Å². The summed E-state index contributed by atoms with van der Waals surface area (Å²) in [5, 5.41) is 15.4. The van der Waals surface area contributed by atoms with E-state index in [2.05, 4.69) is 20.6 Å². The van der Waals surface area contributed by atoms with E-state index < -0.39 is 21.7 Å². The van der Waals surface area contributed by atoms with E-state index >= 15 is 0 Å². The molecule has 0 unspecified atom stereocenters. The second kappa shape index (κ2) is 6.24. The minimum Gasteiger partial charge on any atom is -0.367 e. The third kappa shape index (κ3) is 3.77. The molecule has 2 aromatic rings. The minimum absolute atomic E-state index is 0.0395. The van der Waals surface area contributed by atoms with Gasteiger partial charge >= 0.3 is 11.9 Å². The van der Waals surface area contributed by atoms with Crippen LogP contribution in [0.5, 0.6) is 0 Å². The van der Waals surface area contributed by atoms with Gasteiger partial charge in [0.1, 0.15) is 6.20 Å². The molecular weight excluding hydrogens is 339 g/mol. The molecular formula is C12H9ClF3N5O2. The minimum atomic E-state index is -4.61. The number of aromatic nitrogens is 2. The highest BCUT2D eigenvalue weighted by Gasteiger charge is 2.33. The Morgan fingerprint density at radius 2 is 2.04 bits per heavy atom. The zero-order valence-electron chi connectivity index (χ0n) is 11.5. The van der Waals surface area contributed by atoms with Crippen LogP contribution in [0.1, 0.15) is 5.56 Å². The Morgan fingerprint density at radius 3 is 2.61 bits per heavy atom. The standard InChI is InChI=1S/C12H9ClF3N5O2/c1-17-10-9(21(22)23)5-18-11(20-10)19-6-2-3-8(13)7(4-6)12(14,15)16/h2-5H,1H3,(H2,17,18,19,20). The molecule has 0 amide bonds. The molecule has 0 aliphatic carbocycles. The molecule has 122 valence electrons. The Bertz CT molecular complexity index is 754. The van der Waals surface area contributed by atoms with Gasteiger partial charge in [0.25, 0.3) is 0 Å². The molecule has 2 N–H and O–H groups in total. The molecule has 1 aromatic carbocycles. The van der Waals surface area contributed by atoms with Gasteiger partial charge in [-0.25, -0.2) is 4.98 Å². The molecule has 0 atom stereocenters. The molecule has 0 spiro atoms. The van der Waals surface area contributed by atoms with Gasteiger partial charge in [0, 0.05) is 12.7 Å². The summed E-state index contributed by atoms with van der Waals surface area (Å²) >= 11 is 5.52. The van der Waals surface area contributed by atoms with E-state index in [1.165, 1.54) is 13.1 Å². The topological polar surface area (TPSA) is 93.0 Å². The van der Waals surface area contributed by atoms with Gasteiger partial charge in [-0.1, -0.05) is 11.6 Å². The average molecular weight is 348 g/mol. The predicted octanol–water partition coefficient (Wildman–Crippen LogP) is 3.84. The number of hydrogen-bond donors (Lipinski definition) is 2. The van der Waals surface area contributed by atoms with Crippen LogP contribution in [-0.2, 0) is 6.18 Å². The quantitative estimate of drug-likeness (QED) is 0.644. The Labute approximate surface area is 132 Å². The van der Waals surface area contributed by atoms with Crippen molar-refractivity contribution in [2.75, 3.05) is 17.7 Å². The molecule has 0 saturated heterocycles. The molecule has 2 rings (SSSR count). The highest BCUT2D eigenvalue weighted by atomic mass is 35.5. The molecule has 1 heterocycles. The van der Waals surface area contributed by atoms with E-state index in [-0.39, 0.29) is 23.1 Å². The van der Waals surface area contributed by atoms with Gasteiger partial charge in [0.15, 0.2) is 0 Å². The maximum atomic E-state index is 12.8. The van der Waals surface area contributed by atoms with Crippen LogP contribution in [0, 0.1) is 10.1 Å². The molecule has 11 heteroatoms. The monoisotopic (exact) mass is 347 g/mol. The van der Waals surface area contributed by atoms with Gasteiger partial charge in [-0.2, -0.15) is 18.2 Å². The Hall–Kier alpha value is -2.62. The number of halogens is 4. The fourth-order valence-corrected chi connectivity index (χ4v) is 1.93. The Balaban J connectivity index is 2.35. The predicted molar refractivity (Wildman–Crippen MR) is 78.0 cm³/mol. The lowest BCUT2D eigenvalue weighted by molar-refractivity contribution is -0.384. The highest BCUT2D eigenvalue weighted by Crippen LogP contribution is 2.36. The number of nitrogens with zero attached hydrogens (tertiary/aromatic N) is 3. The molecule has 7 nitrogen and oxygen atoms in total. The van der Waals surface area contributed by atoms with Gasteiger partial charge in [-0.3, -0.25) is 10.1 Å². The largest absolute Gasteiger partial charge is 0.417 e. The summed E-state index contributed by atoms with van der Waals surface area (Å²) in [6.07, 6.45) is -3.66. The molecule has 0 fully saturated rings. The van der Waals surface area contributed by atoms with E-state index in [0.29, 0.717) is 0 Å². The van der Waals surface area contributed by atoms with Crippen molar-refractivity contribution < 1.29 is 18.1 Å². The third-order valence-electron chi connectivity index (χ3n) is 2.73. The summed E-state index contributed by atoms with van der Waals surface area (Å²) in [6.45, 7) is 0. The first kappa shape index (κ1) is 16.7. The van der Waals surface area contributed by atoms with Crippen LogP contribution in [0.15, 0.2) is 24.4 Å². The third-order valence-corrected chi connectivity index (χ3v) is 3.06. The summed E-state index contributed by atoms with van der Waals surface area (Å²) in [5.41, 5.74) is -1.33. The van der Waals surface area contributed by atoms with E-state index in [0.717, 1.165) is 18.3 Å². The molecule has 23 heavy (non-hydrogen) atoms. The Morgan fingerprint density at radius 1 is 1.35 bits per heavy atom. The van der Waals surface area contributed by atoms with Crippen LogP contribution >= 0.6 is 11.6 Å². The maximum Gasteiger partial charge on any atom is 0.417 e. The normalized spacial score (nSPS) is 11.2. The number of hydrogen-bond acceptors (Lipinski definition) is 6. The summed E-state index contributed by atoms with van der Waals surface area (Å²) in [5.74, 6) is -0.173. The molecule has 0 saturated carbocycles. The summed E-state index contributed by atoms with van der Waals surface area (Å²) < 4.78 is 38.4. The van der Waals surface area contributed by atoms with Crippen molar-refractivity contribution in [1.82, 2.24) is 9.97 Å². The van der Waals surface area contributed by atoms with Crippen LogP contribution in [0.4, 0.5) is 36.3 Å². The molecule has 0 aliphatic heterocycles. The molecule has 0 aliphatic rings. The van der Waals surface area contributed by atoms with E-state index in [1.807, 2.05) is 0 Å². The average Bonchev–Trinajstić information content (AvgIpc) is 2.47. The number of alkyl halides is 3. The van der Waals surface area contributed by atoms with E-state index in [1.54, 1.807) is 0 Å². The zero-order valence-corrected chi connectivity index (χ0v) is 12.2. The molecule has 1 aromatic heterocycles. The first-order valence-corrected chi connectivity index (χ1v) is 6.43.